The summed E-state index contributed by atoms with van der Waals surface area (Å²) in [5.41, 5.74) is 0.908. The first-order chi connectivity index (χ1) is 9.17. The number of amides is 1. The van der Waals surface area contributed by atoms with Gasteiger partial charge in [-0.05, 0) is 13.3 Å². The zero-order chi connectivity index (χ0) is 13.7. The number of aryl methyl sites for hydroxylation is 2. The topological polar surface area (TPSA) is 83.6 Å². The molecule has 6 nitrogen and oxygen atoms in total. The summed E-state index contributed by atoms with van der Waals surface area (Å²) in [5, 5.41) is 12.8. The lowest BCUT2D eigenvalue weighted by Gasteiger charge is -1.98. The van der Waals surface area contributed by atoms with Crippen molar-refractivity contribution in [3.63, 3.8) is 0 Å². The van der Waals surface area contributed by atoms with Gasteiger partial charge in [-0.3, -0.25) is 9.89 Å². The Bertz CT molecular complexity index is 551. The first kappa shape index (κ1) is 14.0. The molecule has 8 heteroatoms. The molecular weight excluding hydrogens is 282 g/mol. The summed E-state index contributed by atoms with van der Waals surface area (Å²) in [6.45, 7) is 3.97. The van der Waals surface area contributed by atoms with Crippen LogP contribution in [-0.4, -0.2) is 31.8 Å². The predicted molar refractivity (Wildman–Crippen MR) is 76.6 cm³/mol. The molecule has 2 aromatic rings. The first-order valence-electron chi connectivity index (χ1n) is 5.93. The summed E-state index contributed by atoms with van der Waals surface area (Å²) in [6, 6.07) is 0. The van der Waals surface area contributed by atoms with E-state index in [2.05, 4.69) is 32.4 Å². The maximum absolute atomic E-state index is 11.7. The van der Waals surface area contributed by atoms with Crippen molar-refractivity contribution >= 4 is 34.1 Å². The third-order valence-corrected chi connectivity index (χ3v) is 3.92. The van der Waals surface area contributed by atoms with Crippen LogP contribution in [0.4, 0.5) is 5.13 Å². The molecule has 0 radical (unpaired) electrons. The molecule has 2 N–H and O–H groups in total. The van der Waals surface area contributed by atoms with Gasteiger partial charge in [-0.1, -0.05) is 18.7 Å². The zero-order valence-corrected chi connectivity index (χ0v) is 12.4. The van der Waals surface area contributed by atoms with Gasteiger partial charge in [-0.15, -0.1) is 16.4 Å². The summed E-state index contributed by atoms with van der Waals surface area (Å²) < 4.78 is 0. The van der Waals surface area contributed by atoms with Crippen LogP contribution in [0.1, 0.15) is 24.9 Å². The molecule has 0 bridgehead atoms. The van der Waals surface area contributed by atoms with Crippen LogP contribution in [0.15, 0.2) is 10.5 Å². The third-order valence-electron chi connectivity index (χ3n) is 2.20. The Kier molecular flexibility index (Phi) is 4.92. The number of aromatic nitrogens is 4. The van der Waals surface area contributed by atoms with Crippen LogP contribution >= 0.6 is 23.1 Å². The van der Waals surface area contributed by atoms with Gasteiger partial charge in [-0.25, -0.2) is 9.97 Å². The van der Waals surface area contributed by atoms with Crippen LogP contribution in [0.25, 0.3) is 0 Å². The number of carbonyl (C=O) groups excluding carboxylic acids is 1. The molecule has 0 aromatic carbocycles. The Labute approximate surface area is 119 Å². The molecular formula is C11H15N5OS2. The van der Waals surface area contributed by atoms with Crippen molar-refractivity contribution in [1.29, 1.82) is 0 Å². The second kappa shape index (κ2) is 6.67. The highest BCUT2D eigenvalue weighted by molar-refractivity contribution is 7.99. The van der Waals surface area contributed by atoms with E-state index >= 15 is 0 Å². The number of rotatable bonds is 6. The molecule has 0 saturated heterocycles. The van der Waals surface area contributed by atoms with E-state index < -0.39 is 0 Å². The molecule has 0 fully saturated rings. The lowest BCUT2D eigenvalue weighted by molar-refractivity contribution is -0.113. The molecule has 2 aromatic heterocycles. The van der Waals surface area contributed by atoms with Gasteiger partial charge in [0.15, 0.2) is 5.13 Å². The van der Waals surface area contributed by atoms with E-state index in [-0.39, 0.29) is 11.7 Å². The van der Waals surface area contributed by atoms with E-state index in [1.165, 1.54) is 23.1 Å². The van der Waals surface area contributed by atoms with E-state index in [4.69, 9.17) is 0 Å². The molecule has 0 spiro atoms. The molecule has 0 aliphatic heterocycles. The molecule has 0 saturated carbocycles. The summed E-state index contributed by atoms with van der Waals surface area (Å²) in [6.07, 6.45) is 1.89. The molecule has 102 valence electrons. The van der Waals surface area contributed by atoms with Crippen LogP contribution in [0.2, 0.25) is 0 Å². The molecule has 0 unspecified atom stereocenters. The fourth-order valence-electron chi connectivity index (χ4n) is 1.39. The van der Waals surface area contributed by atoms with Crippen LogP contribution < -0.4 is 5.32 Å². The summed E-state index contributed by atoms with van der Waals surface area (Å²) in [5.74, 6) is 1.05. The van der Waals surface area contributed by atoms with Gasteiger partial charge in [0.1, 0.15) is 5.82 Å². The minimum atomic E-state index is -0.0961. The van der Waals surface area contributed by atoms with Crippen molar-refractivity contribution in [2.75, 3.05) is 11.1 Å². The Morgan fingerprint density at radius 3 is 3.05 bits per heavy atom. The van der Waals surface area contributed by atoms with Crippen molar-refractivity contribution in [2.24, 2.45) is 0 Å². The van der Waals surface area contributed by atoms with Crippen molar-refractivity contribution in [3.05, 3.63) is 16.9 Å². The van der Waals surface area contributed by atoms with Gasteiger partial charge in [0.2, 0.25) is 11.1 Å². The number of anilines is 1. The maximum atomic E-state index is 11.7. The summed E-state index contributed by atoms with van der Waals surface area (Å²) in [4.78, 5) is 20.2. The highest BCUT2D eigenvalue weighted by Crippen LogP contribution is 2.16. The SMILES string of the molecule is CCCc1nc(SCC(=O)Nc2nc(C)cs2)n[nH]1. The molecule has 0 atom stereocenters. The number of thiazole rings is 1. The third kappa shape index (κ3) is 4.32. The van der Waals surface area contributed by atoms with Crippen molar-refractivity contribution < 1.29 is 4.79 Å². The number of hydrogen-bond donors (Lipinski definition) is 2. The number of carbonyl (C=O) groups is 1. The smallest absolute Gasteiger partial charge is 0.236 e. The second-order valence-corrected chi connectivity index (χ2v) is 5.75. The van der Waals surface area contributed by atoms with Crippen LogP contribution in [0.5, 0.6) is 0 Å². The normalized spacial score (nSPS) is 10.6. The molecule has 0 aliphatic rings. The number of H-pyrrole nitrogens is 1. The van der Waals surface area contributed by atoms with Crippen molar-refractivity contribution in [3.8, 4) is 0 Å². The Hall–Kier alpha value is -1.41. The quantitative estimate of drug-likeness (QED) is 0.799. The molecule has 2 heterocycles. The van der Waals surface area contributed by atoms with Gasteiger partial charge < -0.3 is 5.32 Å². The Morgan fingerprint density at radius 2 is 2.37 bits per heavy atom. The van der Waals surface area contributed by atoms with E-state index in [1.807, 2.05) is 12.3 Å². The molecule has 19 heavy (non-hydrogen) atoms. The average molecular weight is 297 g/mol. The van der Waals surface area contributed by atoms with Gasteiger partial charge in [0.25, 0.3) is 0 Å². The molecule has 2 rings (SSSR count). The van der Waals surface area contributed by atoms with Gasteiger partial charge in [0.05, 0.1) is 11.4 Å². The number of aromatic amines is 1. The van der Waals surface area contributed by atoms with Crippen molar-refractivity contribution in [2.45, 2.75) is 31.8 Å². The highest BCUT2D eigenvalue weighted by atomic mass is 32.2. The first-order valence-corrected chi connectivity index (χ1v) is 7.80. The van der Waals surface area contributed by atoms with Gasteiger partial charge in [0, 0.05) is 11.8 Å². The lowest BCUT2D eigenvalue weighted by atomic mass is 10.3. The molecule has 1 amide bonds. The average Bonchev–Trinajstić information content (AvgIpc) is 2.97. The van der Waals surface area contributed by atoms with E-state index in [0.717, 1.165) is 24.4 Å². The van der Waals surface area contributed by atoms with Gasteiger partial charge in [-0.2, -0.15) is 0 Å². The summed E-state index contributed by atoms with van der Waals surface area (Å²) in [7, 11) is 0. The van der Waals surface area contributed by atoms with Gasteiger partial charge >= 0.3 is 0 Å². The number of hydrogen-bond acceptors (Lipinski definition) is 6. The summed E-state index contributed by atoms with van der Waals surface area (Å²) >= 11 is 2.73. The number of nitrogens with zero attached hydrogens (tertiary/aromatic N) is 3. The van der Waals surface area contributed by atoms with E-state index in [0.29, 0.717) is 10.3 Å². The lowest BCUT2D eigenvalue weighted by Crippen LogP contribution is -2.13. The monoisotopic (exact) mass is 297 g/mol. The predicted octanol–water partition coefficient (Wildman–Crippen LogP) is 2.25. The zero-order valence-electron chi connectivity index (χ0n) is 10.8. The van der Waals surface area contributed by atoms with E-state index in [9.17, 15) is 4.79 Å². The Balaban J connectivity index is 1.79. The minimum Gasteiger partial charge on any atom is -0.301 e. The maximum Gasteiger partial charge on any atom is 0.236 e. The highest BCUT2D eigenvalue weighted by Gasteiger charge is 2.09. The van der Waals surface area contributed by atoms with E-state index in [1.54, 1.807) is 0 Å². The second-order valence-electron chi connectivity index (χ2n) is 3.95. The standard InChI is InChI=1S/C11H15N5OS2/c1-3-4-8-13-11(16-15-8)19-6-9(17)14-10-12-7(2)5-18-10/h5H,3-4,6H2,1-2H3,(H,12,14,17)(H,13,15,16). The number of thioether (sulfide) groups is 1. The minimum absolute atomic E-state index is 0.0961. The molecule has 0 aliphatic carbocycles. The van der Waals surface area contributed by atoms with Crippen LogP contribution in [-0.2, 0) is 11.2 Å². The van der Waals surface area contributed by atoms with Crippen LogP contribution in [0.3, 0.4) is 0 Å². The Morgan fingerprint density at radius 1 is 1.53 bits per heavy atom. The fraction of sp³-hybridized carbons (Fsp3) is 0.455. The fourth-order valence-corrected chi connectivity index (χ4v) is 2.71. The van der Waals surface area contributed by atoms with Crippen LogP contribution in [0, 0.1) is 6.92 Å². The largest absolute Gasteiger partial charge is 0.301 e. The number of nitrogens with one attached hydrogen (secondary N) is 2. The van der Waals surface area contributed by atoms with Crippen molar-refractivity contribution in [1.82, 2.24) is 20.2 Å².